The zero-order chi connectivity index (χ0) is 21.8. The maximum Gasteiger partial charge on any atom is 0.254 e. The maximum atomic E-state index is 4.94. The standard InChI is InChI=1S/C26H23N5Si/c1-2-31(25-19-28-24-18-27-20-29-26(24)30-25)32(21-12-6-3-7-13-21,22-14-8-4-9-15-22)23-16-10-5-11-17-23/h3-20H,2H2,1H3. The Bertz CT molecular complexity index is 1220. The molecule has 32 heavy (non-hydrogen) atoms. The van der Waals surface area contributed by atoms with Crippen LogP contribution in [0.5, 0.6) is 0 Å². The third kappa shape index (κ3) is 3.35. The second-order valence-electron chi connectivity index (χ2n) is 7.51. The van der Waals surface area contributed by atoms with E-state index in [1.165, 1.54) is 21.9 Å². The summed E-state index contributed by atoms with van der Waals surface area (Å²) in [6.45, 7) is 2.96. The highest BCUT2D eigenvalue weighted by atomic mass is 28.3. The van der Waals surface area contributed by atoms with Crippen molar-refractivity contribution in [2.24, 2.45) is 0 Å². The van der Waals surface area contributed by atoms with Gasteiger partial charge in [0.15, 0.2) is 5.65 Å². The van der Waals surface area contributed by atoms with E-state index in [0.717, 1.165) is 12.4 Å². The van der Waals surface area contributed by atoms with Crippen LogP contribution in [0.4, 0.5) is 5.82 Å². The lowest BCUT2D eigenvalue weighted by atomic mass is 10.3. The van der Waals surface area contributed by atoms with E-state index in [1.54, 1.807) is 6.20 Å². The van der Waals surface area contributed by atoms with E-state index in [1.807, 2.05) is 6.20 Å². The average molecular weight is 434 g/mol. The molecule has 6 heteroatoms. The average Bonchev–Trinajstić information content (AvgIpc) is 2.88. The first-order valence-electron chi connectivity index (χ1n) is 10.7. The van der Waals surface area contributed by atoms with Gasteiger partial charge in [-0.15, -0.1) is 0 Å². The van der Waals surface area contributed by atoms with E-state index in [-0.39, 0.29) is 0 Å². The summed E-state index contributed by atoms with van der Waals surface area (Å²) in [6.07, 6.45) is 5.07. The van der Waals surface area contributed by atoms with Crippen molar-refractivity contribution >= 4 is 40.8 Å². The van der Waals surface area contributed by atoms with E-state index >= 15 is 0 Å². The van der Waals surface area contributed by atoms with Crippen LogP contribution in [0.1, 0.15) is 6.92 Å². The molecule has 0 saturated carbocycles. The summed E-state index contributed by atoms with van der Waals surface area (Å²) < 4.78 is 2.45. The first kappa shape index (κ1) is 20.0. The lowest BCUT2D eigenvalue weighted by Gasteiger charge is -2.43. The van der Waals surface area contributed by atoms with Gasteiger partial charge in [-0.1, -0.05) is 91.0 Å². The van der Waals surface area contributed by atoms with Gasteiger partial charge < -0.3 is 4.57 Å². The van der Waals surface area contributed by atoms with Gasteiger partial charge in [-0.2, -0.15) is 0 Å². The molecular weight excluding hydrogens is 410 g/mol. The molecule has 156 valence electrons. The Balaban J connectivity index is 1.85. The monoisotopic (exact) mass is 433 g/mol. The molecule has 2 aromatic heterocycles. The number of anilines is 1. The van der Waals surface area contributed by atoms with Crippen molar-refractivity contribution in [2.75, 3.05) is 11.1 Å². The molecule has 0 atom stereocenters. The molecule has 0 fully saturated rings. The molecule has 0 aliphatic rings. The van der Waals surface area contributed by atoms with E-state index in [0.29, 0.717) is 11.2 Å². The van der Waals surface area contributed by atoms with Crippen molar-refractivity contribution in [1.29, 1.82) is 0 Å². The number of fused-ring (bicyclic) bond motifs is 1. The van der Waals surface area contributed by atoms with Crippen molar-refractivity contribution < 1.29 is 0 Å². The van der Waals surface area contributed by atoms with Gasteiger partial charge in [0.2, 0.25) is 0 Å². The molecule has 0 aliphatic heterocycles. The summed E-state index contributed by atoms with van der Waals surface area (Å²) in [4.78, 5) is 18.0. The van der Waals surface area contributed by atoms with Crippen LogP contribution in [0.3, 0.4) is 0 Å². The smallest absolute Gasteiger partial charge is 0.254 e. The van der Waals surface area contributed by atoms with Crippen LogP contribution in [0.15, 0.2) is 110 Å². The van der Waals surface area contributed by atoms with Crippen LogP contribution >= 0.6 is 0 Å². The molecule has 3 aromatic carbocycles. The van der Waals surface area contributed by atoms with Crippen molar-refractivity contribution in [3.05, 3.63) is 110 Å². The Kier molecular flexibility index (Phi) is 5.43. The van der Waals surface area contributed by atoms with E-state index < -0.39 is 8.24 Å². The Morgan fingerprint density at radius 2 is 1.22 bits per heavy atom. The van der Waals surface area contributed by atoms with Gasteiger partial charge >= 0.3 is 0 Å². The molecule has 5 aromatic rings. The van der Waals surface area contributed by atoms with Gasteiger partial charge in [0.05, 0.1) is 12.4 Å². The van der Waals surface area contributed by atoms with Crippen molar-refractivity contribution in [2.45, 2.75) is 6.92 Å². The molecule has 5 rings (SSSR count). The normalized spacial score (nSPS) is 11.4. The molecule has 2 heterocycles. The zero-order valence-electron chi connectivity index (χ0n) is 17.8. The Labute approximate surface area is 188 Å². The quantitative estimate of drug-likeness (QED) is 0.304. The molecule has 0 N–H and O–H groups in total. The van der Waals surface area contributed by atoms with E-state index in [4.69, 9.17) is 4.98 Å². The summed E-state index contributed by atoms with van der Waals surface area (Å²) in [5, 5.41) is 3.89. The van der Waals surface area contributed by atoms with E-state index in [2.05, 4.69) is 117 Å². The molecule has 0 aliphatic carbocycles. The minimum atomic E-state index is -2.69. The van der Waals surface area contributed by atoms with Crippen LogP contribution in [-0.4, -0.2) is 34.7 Å². The number of hydrogen-bond acceptors (Lipinski definition) is 5. The van der Waals surface area contributed by atoms with Crippen molar-refractivity contribution in [1.82, 2.24) is 19.9 Å². The topological polar surface area (TPSA) is 54.8 Å². The predicted octanol–water partition coefficient (Wildman–Crippen LogP) is 2.91. The Morgan fingerprint density at radius 3 is 1.72 bits per heavy atom. The number of rotatable bonds is 6. The van der Waals surface area contributed by atoms with Crippen LogP contribution in [0, 0.1) is 0 Å². The number of hydrogen-bond donors (Lipinski definition) is 0. The van der Waals surface area contributed by atoms with Gasteiger partial charge in [0.25, 0.3) is 8.24 Å². The first-order chi connectivity index (χ1) is 15.8. The largest absolute Gasteiger partial charge is 0.370 e. The highest BCUT2D eigenvalue weighted by Gasteiger charge is 2.46. The third-order valence-electron chi connectivity index (χ3n) is 5.78. The summed E-state index contributed by atoms with van der Waals surface area (Å²) in [5.74, 6) is 0.821. The number of nitrogens with zero attached hydrogens (tertiary/aromatic N) is 5. The Morgan fingerprint density at radius 1 is 0.688 bits per heavy atom. The molecular formula is C26H23N5Si. The molecule has 0 radical (unpaired) electrons. The molecule has 5 nitrogen and oxygen atoms in total. The summed E-state index contributed by atoms with van der Waals surface area (Å²) in [6, 6.07) is 32.4. The molecule has 0 bridgehead atoms. The first-order valence-corrected chi connectivity index (χ1v) is 12.7. The molecule has 0 unspecified atom stereocenters. The van der Waals surface area contributed by atoms with Crippen LogP contribution in [0.2, 0.25) is 0 Å². The number of benzene rings is 3. The second-order valence-corrected chi connectivity index (χ2v) is 11.2. The fourth-order valence-corrected chi connectivity index (χ4v) is 9.35. The van der Waals surface area contributed by atoms with Gasteiger partial charge in [-0.3, -0.25) is 0 Å². The van der Waals surface area contributed by atoms with Gasteiger partial charge in [-0.05, 0) is 22.5 Å². The minimum Gasteiger partial charge on any atom is -0.370 e. The fraction of sp³-hybridized carbons (Fsp3) is 0.0769. The third-order valence-corrected chi connectivity index (χ3v) is 10.6. The van der Waals surface area contributed by atoms with Crippen LogP contribution < -0.4 is 20.1 Å². The highest BCUT2D eigenvalue weighted by Crippen LogP contribution is 2.21. The molecule has 0 amide bonds. The van der Waals surface area contributed by atoms with Gasteiger partial charge in [-0.25, -0.2) is 19.9 Å². The maximum absolute atomic E-state index is 4.94. The number of aromatic nitrogens is 4. The highest BCUT2D eigenvalue weighted by molar-refractivity contribution is 7.13. The van der Waals surface area contributed by atoms with Crippen molar-refractivity contribution in [3.63, 3.8) is 0 Å². The minimum absolute atomic E-state index is 0.605. The van der Waals surface area contributed by atoms with Gasteiger partial charge in [0.1, 0.15) is 17.7 Å². The SMILES string of the molecule is CCN(c1cnc2cncnc2n1)[Si](c1ccccc1)(c1ccccc1)c1ccccc1. The summed E-state index contributed by atoms with van der Waals surface area (Å²) in [5.41, 5.74) is 1.30. The summed E-state index contributed by atoms with van der Waals surface area (Å²) in [7, 11) is -2.69. The lowest BCUT2D eigenvalue weighted by Crippen LogP contribution is -2.77. The fourth-order valence-electron chi connectivity index (χ4n) is 4.46. The van der Waals surface area contributed by atoms with E-state index in [9.17, 15) is 0 Å². The van der Waals surface area contributed by atoms with Gasteiger partial charge in [0, 0.05) is 6.54 Å². The zero-order valence-corrected chi connectivity index (χ0v) is 18.8. The van der Waals surface area contributed by atoms with Crippen LogP contribution in [0.25, 0.3) is 11.2 Å². The van der Waals surface area contributed by atoms with Crippen LogP contribution in [-0.2, 0) is 0 Å². The lowest BCUT2D eigenvalue weighted by molar-refractivity contribution is 1.02. The molecule has 0 spiro atoms. The Hall–Kier alpha value is -3.90. The van der Waals surface area contributed by atoms with Crippen molar-refractivity contribution in [3.8, 4) is 0 Å². The summed E-state index contributed by atoms with van der Waals surface area (Å²) >= 11 is 0. The molecule has 0 saturated heterocycles. The predicted molar refractivity (Wildman–Crippen MR) is 132 cm³/mol. The second kappa shape index (κ2) is 8.68.